The summed E-state index contributed by atoms with van der Waals surface area (Å²) in [5.74, 6) is -0.329. The SMILES string of the molecule is O=C(NC1CCC(N2CCN(c3ccc(Cl)c(F)c3)C2=O)CC1)[C@H]1C[C@@H](O)c2cc(Cl)ccc2O1. The molecule has 186 valence electrons. The predicted octanol–water partition coefficient (Wildman–Crippen LogP) is 4.69. The first-order valence-corrected chi connectivity index (χ1v) is 12.5. The summed E-state index contributed by atoms with van der Waals surface area (Å²) in [5.41, 5.74) is 1.09. The summed E-state index contributed by atoms with van der Waals surface area (Å²) in [4.78, 5) is 29.3. The summed E-state index contributed by atoms with van der Waals surface area (Å²) in [5, 5.41) is 14.0. The first-order chi connectivity index (χ1) is 16.8. The maximum Gasteiger partial charge on any atom is 0.324 e. The highest BCUT2D eigenvalue weighted by Gasteiger charge is 2.38. The van der Waals surface area contributed by atoms with Crippen LogP contribution in [0.5, 0.6) is 5.75 Å². The summed E-state index contributed by atoms with van der Waals surface area (Å²) in [6, 6.07) is 9.29. The molecule has 0 radical (unpaired) electrons. The Morgan fingerprint density at radius 3 is 2.60 bits per heavy atom. The Hall–Kier alpha value is -2.55. The van der Waals surface area contributed by atoms with E-state index in [1.165, 1.54) is 12.1 Å². The van der Waals surface area contributed by atoms with Gasteiger partial charge < -0.3 is 20.1 Å². The zero-order valence-electron chi connectivity index (χ0n) is 18.9. The molecule has 0 aromatic heterocycles. The number of ether oxygens (including phenoxy) is 1. The third-order valence-electron chi connectivity index (χ3n) is 7.07. The van der Waals surface area contributed by atoms with Gasteiger partial charge in [-0.1, -0.05) is 23.2 Å². The van der Waals surface area contributed by atoms with Gasteiger partial charge in [0.25, 0.3) is 5.91 Å². The maximum absolute atomic E-state index is 13.9. The number of halogens is 3. The number of rotatable bonds is 4. The zero-order chi connectivity index (χ0) is 24.7. The molecule has 1 saturated heterocycles. The average molecular weight is 522 g/mol. The number of anilines is 1. The highest BCUT2D eigenvalue weighted by Crippen LogP contribution is 2.37. The molecule has 0 spiro atoms. The van der Waals surface area contributed by atoms with Crippen molar-refractivity contribution < 1.29 is 23.8 Å². The fourth-order valence-electron chi connectivity index (χ4n) is 5.19. The van der Waals surface area contributed by atoms with Crippen LogP contribution in [0.4, 0.5) is 14.9 Å². The molecule has 2 N–H and O–H groups in total. The number of benzene rings is 2. The van der Waals surface area contributed by atoms with Crippen molar-refractivity contribution in [2.45, 2.75) is 56.4 Å². The van der Waals surface area contributed by atoms with Gasteiger partial charge in [-0.3, -0.25) is 9.69 Å². The minimum atomic E-state index is -0.817. The number of carbonyl (C=O) groups excluding carboxylic acids is 2. The van der Waals surface area contributed by atoms with Gasteiger partial charge in [0, 0.05) is 47.9 Å². The van der Waals surface area contributed by atoms with E-state index in [0.717, 1.165) is 25.7 Å². The molecule has 2 fully saturated rings. The molecule has 2 heterocycles. The van der Waals surface area contributed by atoms with Gasteiger partial charge in [0.2, 0.25) is 0 Å². The van der Waals surface area contributed by atoms with Crippen molar-refractivity contribution in [3.8, 4) is 5.75 Å². The number of amides is 3. The van der Waals surface area contributed by atoms with Gasteiger partial charge in [0.05, 0.1) is 11.1 Å². The Labute approximate surface area is 212 Å². The lowest BCUT2D eigenvalue weighted by Gasteiger charge is -2.35. The molecule has 1 saturated carbocycles. The highest BCUT2D eigenvalue weighted by molar-refractivity contribution is 6.31. The monoisotopic (exact) mass is 521 g/mol. The van der Waals surface area contributed by atoms with Gasteiger partial charge >= 0.3 is 6.03 Å². The van der Waals surface area contributed by atoms with Crippen molar-refractivity contribution in [2.75, 3.05) is 18.0 Å². The molecular formula is C25H26Cl2FN3O4. The van der Waals surface area contributed by atoms with Crippen LogP contribution in [0.2, 0.25) is 10.0 Å². The molecule has 3 aliphatic rings. The summed E-state index contributed by atoms with van der Waals surface area (Å²) >= 11 is 11.8. The standard InChI is InChI=1S/C25H26Cl2FN3O4/c26-14-1-8-22-18(11-14)21(32)13-23(35-22)24(33)29-15-2-4-16(5-3-15)30-9-10-31(25(30)34)17-6-7-19(27)20(28)12-17/h1,6-8,11-12,15-16,21,23,32H,2-5,9-10,13H2,(H,29,33)/t15?,16?,21-,23-/m1/s1. The summed E-state index contributed by atoms with van der Waals surface area (Å²) in [6.45, 7) is 1.06. The maximum atomic E-state index is 13.9. The molecule has 10 heteroatoms. The third-order valence-corrected chi connectivity index (χ3v) is 7.61. The molecule has 2 aliphatic heterocycles. The van der Waals surface area contributed by atoms with Crippen LogP contribution in [0.25, 0.3) is 0 Å². The molecule has 0 bridgehead atoms. The number of hydrogen-bond donors (Lipinski definition) is 2. The Balaban J connectivity index is 1.14. The molecule has 2 atom stereocenters. The predicted molar refractivity (Wildman–Crippen MR) is 130 cm³/mol. The van der Waals surface area contributed by atoms with Gasteiger partial charge in [-0.15, -0.1) is 0 Å². The normalized spacial score (nSPS) is 26.3. The summed E-state index contributed by atoms with van der Waals surface area (Å²) in [6.07, 6.45) is 1.56. The van der Waals surface area contributed by atoms with Crippen LogP contribution in [0.1, 0.15) is 43.8 Å². The number of carbonyl (C=O) groups is 2. The van der Waals surface area contributed by atoms with Gasteiger partial charge in [0.1, 0.15) is 11.6 Å². The highest BCUT2D eigenvalue weighted by atomic mass is 35.5. The molecule has 1 aliphatic carbocycles. The van der Waals surface area contributed by atoms with Crippen molar-refractivity contribution in [3.05, 3.63) is 57.8 Å². The van der Waals surface area contributed by atoms with E-state index in [0.29, 0.717) is 35.1 Å². The van der Waals surface area contributed by atoms with Crippen LogP contribution in [-0.2, 0) is 4.79 Å². The largest absolute Gasteiger partial charge is 0.480 e. The van der Waals surface area contributed by atoms with E-state index in [9.17, 15) is 19.1 Å². The average Bonchev–Trinajstić information content (AvgIpc) is 3.23. The quantitative estimate of drug-likeness (QED) is 0.611. The number of nitrogens with one attached hydrogen (secondary N) is 1. The first kappa shape index (κ1) is 24.2. The van der Waals surface area contributed by atoms with Crippen molar-refractivity contribution >= 4 is 40.8 Å². The number of aliphatic hydroxyl groups is 1. The van der Waals surface area contributed by atoms with Crippen molar-refractivity contribution in [1.82, 2.24) is 10.2 Å². The number of nitrogens with zero attached hydrogens (tertiary/aromatic N) is 2. The van der Waals surface area contributed by atoms with Gasteiger partial charge in [-0.25, -0.2) is 9.18 Å². The van der Waals surface area contributed by atoms with E-state index in [2.05, 4.69) is 5.32 Å². The fourth-order valence-corrected chi connectivity index (χ4v) is 5.49. The minimum Gasteiger partial charge on any atom is -0.480 e. The molecule has 7 nitrogen and oxygen atoms in total. The number of aliphatic hydroxyl groups excluding tert-OH is 1. The number of hydrogen-bond acceptors (Lipinski definition) is 4. The molecule has 0 unspecified atom stereocenters. The van der Waals surface area contributed by atoms with Gasteiger partial charge in [0.15, 0.2) is 6.10 Å². The fraction of sp³-hybridized carbons (Fsp3) is 0.440. The Morgan fingerprint density at radius 2 is 1.86 bits per heavy atom. The second kappa shape index (κ2) is 9.84. The van der Waals surface area contributed by atoms with Crippen LogP contribution in [0.15, 0.2) is 36.4 Å². The second-order valence-corrected chi connectivity index (χ2v) is 10.1. The van der Waals surface area contributed by atoms with Gasteiger partial charge in [-0.05, 0) is 62.1 Å². The molecule has 2 aromatic rings. The molecule has 5 rings (SSSR count). The van der Waals surface area contributed by atoms with Crippen LogP contribution >= 0.6 is 23.2 Å². The van der Waals surface area contributed by atoms with Crippen LogP contribution in [0.3, 0.4) is 0 Å². The lowest BCUT2D eigenvalue weighted by molar-refractivity contribution is -0.131. The molecule has 35 heavy (non-hydrogen) atoms. The van der Waals surface area contributed by atoms with Gasteiger partial charge in [-0.2, -0.15) is 0 Å². The van der Waals surface area contributed by atoms with Crippen LogP contribution < -0.4 is 15.0 Å². The van der Waals surface area contributed by atoms with E-state index < -0.39 is 18.0 Å². The Bertz CT molecular complexity index is 1140. The summed E-state index contributed by atoms with van der Waals surface area (Å²) < 4.78 is 19.7. The number of urea groups is 1. The molecule has 3 amide bonds. The number of fused-ring (bicyclic) bond motifs is 1. The van der Waals surface area contributed by atoms with E-state index in [-0.39, 0.29) is 35.5 Å². The topological polar surface area (TPSA) is 82.1 Å². The lowest BCUT2D eigenvalue weighted by Crippen LogP contribution is -2.49. The molecular weight excluding hydrogens is 496 g/mol. The third kappa shape index (κ3) is 4.92. The van der Waals surface area contributed by atoms with E-state index in [1.54, 1.807) is 29.2 Å². The molecule has 2 aromatic carbocycles. The second-order valence-electron chi connectivity index (χ2n) is 9.28. The van der Waals surface area contributed by atoms with E-state index in [1.807, 2.05) is 4.90 Å². The minimum absolute atomic E-state index is 0.0229. The zero-order valence-corrected chi connectivity index (χ0v) is 20.4. The Morgan fingerprint density at radius 1 is 1.09 bits per heavy atom. The van der Waals surface area contributed by atoms with E-state index >= 15 is 0 Å². The summed E-state index contributed by atoms with van der Waals surface area (Å²) in [7, 11) is 0. The smallest absolute Gasteiger partial charge is 0.324 e. The van der Waals surface area contributed by atoms with Crippen molar-refractivity contribution in [2.24, 2.45) is 0 Å². The van der Waals surface area contributed by atoms with E-state index in [4.69, 9.17) is 27.9 Å². The van der Waals surface area contributed by atoms with Crippen molar-refractivity contribution in [3.63, 3.8) is 0 Å². The Kier molecular flexibility index (Phi) is 6.79. The van der Waals surface area contributed by atoms with Crippen LogP contribution in [-0.4, -0.2) is 53.2 Å². The first-order valence-electron chi connectivity index (χ1n) is 11.8. The lowest BCUT2D eigenvalue weighted by atomic mass is 9.90. The van der Waals surface area contributed by atoms with Crippen molar-refractivity contribution in [1.29, 1.82) is 0 Å². The van der Waals surface area contributed by atoms with Crippen LogP contribution in [0, 0.1) is 5.82 Å².